The standard InChI is InChI=1S/C14H11ClF2N2O/c15-9-4-5-12(11(18)7-9)19-13(20)6-8-2-1-3-10(16)14(8)17/h1-5,7H,6,18H2,(H,19,20). The van der Waals surface area contributed by atoms with Crippen molar-refractivity contribution in [2.45, 2.75) is 6.42 Å². The highest BCUT2D eigenvalue weighted by Crippen LogP contribution is 2.23. The summed E-state index contributed by atoms with van der Waals surface area (Å²) in [6.07, 6.45) is -0.286. The normalized spacial score (nSPS) is 10.3. The minimum absolute atomic E-state index is 0.0185. The number of rotatable bonds is 3. The molecule has 6 heteroatoms. The molecule has 2 rings (SSSR count). The van der Waals surface area contributed by atoms with Crippen LogP contribution in [0.4, 0.5) is 20.2 Å². The SMILES string of the molecule is Nc1cc(Cl)ccc1NC(=O)Cc1cccc(F)c1F. The fraction of sp³-hybridized carbons (Fsp3) is 0.0714. The zero-order valence-electron chi connectivity index (χ0n) is 10.3. The van der Waals surface area contributed by atoms with Crippen molar-refractivity contribution in [3.63, 3.8) is 0 Å². The van der Waals surface area contributed by atoms with Crippen molar-refractivity contribution >= 4 is 28.9 Å². The van der Waals surface area contributed by atoms with Crippen molar-refractivity contribution in [2.75, 3.05) is 11.1 Å². The number of halogens is 3. The molecule has 0 atom stereocenters. The van der Waals surface area contributed by atoms with Gasteiger partial charge in [-0.3, -0.25) is 4.79 Å². The fourth-order valence-electron chi connectivity index (χ4n) is 1.70. The molecule has 0 spiro atoms. The maximum absolute atomic E-state index is 13.4. The van der Waals surface area contributed by atoms with Crippen molar-refractivity contribution in [2.24, 2.45) is 0 Å². The summed E-state index contributed by atoms with van der Waals surface area (Å²) in [4.78, 5) is 11.8. The van der Waals surface area contributed by atoms with E-state index in [4.69, 9.17) is 17.3 Å². The predicted octanol–water partition coefficient (Wildman–Crippen LogP) is 3.38. The lowest BCUT2D eigenvalue weighted by molar-refractivity contribution is -0.115. The quantitative estimate of drug-likeness (QED) is 0.853. The molecule has 3 N–H and O–H groups in total. The lowest BCUT2D eigenvalue weighted by Gasteiger charge is -2.09. The third-order valence-corrected chi connectivity index (χ3v) is 2.91. The van der Waals surface area contributed by atoms with Gasteiger partial charge < -0.3 is 11.1 Å². The Morgan fingerprint density at radius 2 is 2.00 bits per heavy atom. The van der Waals surface area contributed by atoms with Gasteiger partial charge in [-0.2, -0.15) is 0 Å². The van der Waals surface area contributed by atoms with Gasteiger partial charge in [0.25, 0.3) is 0 Å². The highest BCUT2D eigenvalue weighted by Gasteiger charge is 2.12. The second-order valence-electron chi connectivity index (χ2n) is 4.17. The minimum atomic E-state index is -1.02. The predicted molar refractivity (Wildman–Crippen MR) is 74.6 cm³/mol. The number of nitrogens with two attached hydrogens (primary N) is 1. The van der Waals surface area contributed by atoms with Crippen LogP contribution in [0.25, 0.3) is 0 Å². The first kappa shape index (κ1) is 14.3. The maximum atomic E-state index is 13.4. The van der Waals surface area contributed by atoms with Gasteiger partial charge in [0.05, 0.1) is 17.8 Å². The van der Waals surface area contributed by atoms with E-state index in [1.807, 2.05) is 0 Å². The third kappa shape index (κ3) is 3.24. The van der Waals surface area contributed by atoms with Crippen LogP contribution in [0.3, 0.4) is 0 Å². The molecule has 0 saturated carbocycles. The first-order chi connectivity index (χ1) is 9.47. The average Bonchev–Trinajstić information content (AvgIpc) is 2.38. The van der Waals surface area contributed by atoms with Crippen molar-refractivity contribution in [3.05, 3.63) is 58.6 Å². The molecule has 0 aliphatic heterocycles. The Balaban J connectivity index is 2.11. The number of benzene rings is 2. The molecule has 104 valence electrons. The highest BCUT2D eigenvalue weighted by atomic mass is 35.5. The van der Waals surface area contributed by atoms with E-state index in [-0.39, 0.29) is 12.0 Å². The molecular formula is C14H11ClF2N2O. The van der Waals surface area contributed by atoms with Gasteiger partial charge in [0.1, 0.15) is 0 Å². The number of amides is 1. The Hall–Kier alpha value is -2.14. The monoisotopic (exact) mass is 296 g/mol. The van der Waals surface area contributed by atoms with Crippen LogP contribution in [0.1, 0.15) is 5.56 Å². The molecule has 2 aromatic carbocycles. The van der Waals surface area contributed by atoms with Crippen LogP contribution >= 0.6 is 11.6 Å². The summed E-state index contributed by atoms with van der Waals surface area (Å²) >= 11 is 5.74. The number of nitrogens with one attached hydrogen (secondary N) is 1. The Bertz CT molecular complexity index is 662. The molecule has 1 amide bonds. The summed E-state index contributed by atoms with van der Waals surface area (Å²) in [5.41, 5.74) is 6.33. The Morgan fingerprint density at radius 1 is 1.25 bits per heavy atom. The number of hydrogen-bond donors (Lipinski definition) is 2. The lowest BCUT2D eigenvalue weighted by atomic mass is 10.1. The van der Waals surface area contributed by atoms with E-state index in [9.17, 15) is 13.6 Å². The molecular weight excluding hydrogens is 286 g/mol. The molecule has 0 heterocycles. The fourth-order valence-corrected chi connectivity index (χ4v) is 1.88. The van der Waals surface area contributed by atoms with E-state index < -0.39 is 17.5 Å². The summed E-state index contributed by atoms with van der Waals surface area (Å²) in [5.74, 6) is -2.50. The molecule has 0 aromatic heterocycles. The van der Waals surface area contributed by atoms with Gasteiger partial charge >= 0.3 is 0 Å². The van der Waals surface area contributed by atoms with E-state index in [0.717, 1.165) is 6.07 Å². The van der Waals surface area contributed by atoms with Gasteiger partial charge in [-0.05, 0) is 24.3 Å². The zero-order chi connectivity index (χ0) is 14.7. The van der Waals surface area contributed by atoms with E-state index >= 15 is 0 Å². The molecule has 20 heavy (non-hydrogen) atoms. The number of carbonyl (C=O) groups excluding carboxylic acids is 1. The molecule has 0 unspecified atom stereocenters. The summed E-state index contributed by atoms with van der Waals surface area (Å²) < 4.78 is 26.5. The van der Waals surface area contributed by atoms with Gasteiger partial charge in [-0.25, -0.2) is 8.78 Å². The second kappa shape index (κ2) is 5.88. The van der Waals surface area contributed by atoms with E-state index in [0.29, 0.717) is 16.4 Å². The summed E-state index contributed by atoms with van der Waals surface area (Å²) in [6, 6.07) is 8.28. The van der Waals surface area contributed by atoms with Crippen molar-refractivity contribution in [1.29, 1.82) is 0 Å². The Labute approximate surface area is 119 Å². The molecule has 0 bridgehead atoms. The molecule has 2 aromatic rings. The van der Waals surface area contributed by atoms with Gasteiger partial charge in [0.15, 0.2) is 11.6 Å². The molecule has 0 aliphatic carbocycles. The van der Waals surface area contributed by atoms with Crippen molar-refractivity contribution in [1.82, 2.24) is 0 Å². The molecule has 0 aliphatic rings. The van der Waals surface area contributed by atoms with Crippen molar-refractivity contribution < 1.29 is 13.6 Å². The molecule has 0 fully saturated rings. The van der Waals surface area contributed by atoms with Crippen LogP contribution in [-0.2, 0) is 11.2 Å². The van der Waals surface area contributed by atoms with Crippen LogP contribution in [-0.4, -0.2) is 5.91 Å². The van der Waals surface area contributed by atoms with E-state index in [1.54, 1.807) is 6.07 Å². The lowest BCUT2D eigenvalue weighted by Crippen LogP contribution is -2.16. The number of nitrogen functional groups attached to an aromatic ring is 1. The maximum Gasteiger partial charge on any atom is 0.228 e. The number of carbonyl (C=O) groups is 1. The van der Waals surface area contributed by atoms with Gasteiger partial charge in [-0.1, -0.05) is 23.7 Å². The first-order valence-corrected chi connectivity index (χ1v) is 6.13. The second-order valence-corrected chi connectivity index (χ2v) is 4.61. The molecule has 0 saturated heterocycles. The summed E-state index contributed by atoms with van der Waals surface area (Å²) in [5, 5.41) is 2.96. The topological polar surface area (TPSA) is 55.1 Å². The van der Waals surface area contributed by atoms with E-state index in [1.165, 1.54) is 24.3 Å². The van der Waals surface area contributed by atoms with Gasteiger partial charge in [0, 0.05) is 10.6 Å². The minimum Gasteiger partial charge on any atom is -0.397 e. The van der Waals surface area contributed by atoms with Crippen LogP contribution < -0.4 is 11.1 Å². The average molecular weight is 297 g/mol. The molecule has 0 radical (unpaired) electrons. The summed E-state index contributed by atoms with van der Waals surface area (Å²) in [7, 11) is 0. The Morgan fingerprint density at radius 3 is 2.70 bits per heavy atom. The smallest absolute Gasteiger partial charge is 0.228 e. The van der Waals surface area contributed by atoms with Crippen LogP contribution in [0.15, 0.2) is 36.4 Å². The third-order valence-electron chi connectivity index (χ3n) is 2.67. The Kier molecular flexibility index (Phi) is 4.20. The van der Waals surface area contributed by atoms with Gasteiger partial charge in [-0.15, -0.1) is 0 Å². The number of hydrogen-bond acceptors (Lipinski definition) is 2. The zero-order valence-corrected chi connectivity index (χ0v) is 11.0. The largest absolute Gasteiger partial charge is 0.397 e. The first-order valence-electron chi connectivity index (χ1n) is 5.75. The number of anilines is 2. The van der Waals surface area contributed by atoms with Crippen molar-refractivity contribution in [3.8, 4) is 0 Å². The van der Waals surface area contributed by atoms with Crippen LogP contribution in [0.5, 0.6) is 0 Å². The summed E-state index contributed by atoms with van der Waals surface area (Å²) in [6.45, 7) is 0. The van der Waals surface area contributed by atoms with Crippen LogP contribution in [0, 0.1) is 11.6 Å². The molecule has 3 nitrogen and oxygen atoms in total. The van der Waals surface area contributed by atoms with Crippen LogP contribution in [0.2, 0.25) is 5.02 Å². The van der Waals surface area contributed by atoms with Gasteiger partial charge in [0.2, 0.25) is 5.91 Å². The highest BCUT2D eigenvalue weighted by molar-refractivity contribution is 6.31. The van der Waals surface area contributed by atoms with E-state index in [2.05, 4.69) is 5.32 Å².